The minimum Gasteiger partial charge on any atom is -0.479 e. The standard InChI is InChI=1S/C12H15FN2O4/c1-7-3-8(13)5-9(4-7)15-12(18)14-6-10(19-2)11(16)17/h3-5,10H,6H2,1-2H3,(H,16,17)(H2,14,15,18). The first-order chi connectivity index (χ1) is 8.92. The molecule has 0 bridgehead atoms. The van der Waals surface area contributed by atoms with Crippen LogP contribution in [0.25, 0.3) is 0 Å². The maximum absolute atomic E-state index is 13.1. The van der Waals surface area contributed by atoms with Crippen molar-refractivity contribution in [2.24, 2.45) is 0 Å². The zero-order valence-corrected chi connectivity index (χ0v) is 10.6. The summed E-state index contributed by atoms with van der Waals surface area (Å²) >= 11 is 0. The van der Waals surface area contributed by atoms with Crippen LogP contribution in [0.2, 0.25) is 0 Å². The summed E-state index contributed by atoms with van der Waals surface area (Å²) in [6.07, 6.45) is -1.13. The zero-order chi connectivity index (χ0) is 14.4. The van der Waals surface area contributed by atoms with Gasteiger partial charge in [0.2, 0.25) is 0 Å². The van der Waals surface area contributed by atoms with Crippen molar-refractivity contribution in [2.45, 2.75) is 13.0 Å². The number of methoxy groups -OCH3 is 1. The summed E-state index contributed by atoms with van der Waals surface area (Å²) in [7, 11) is 1.23. The van der Waals surface area contributed by atoms with Gasteiger partial charge in [0.15, 0.2) is 6.10 Å². The highest BCUT2D eigenvalue weighted by Gasteiger charge is 2.17. The first kappa shape index (κ1) is 14.9. The second-order valence-corrected chi connectivity index (χ2v) is 3.91. The fraction of sp³-hybridized carbons (Fsp3) is 0.333. The first-order valence-electron chi connectivity index (χ1n) is 5.50. The van der Waals surface area contributed by atoms with Crippen molar-refractivity contribution in [2.75, 3.05) is 19.0 Å². The third-order valence-electron chi connectivity index (χ3n) is 2.31. The third kappa shape index (κ3) is 4.92. The molecule has 0 saturated heterocycles. The molecule has 104 valence electrons. The number of carboxylic acids is 1. The summed E-state index contributed by atoms with van der Waals surface area (Å²) in [4.78, 5) is 22.1. The van der Waals surface area contributed by atoms with E-state index in [9.17, 15) is 14.0 Å². The normalized spacial score (nSPS) is 11.7. The molecule has 2 amide bonds. The number of halogens is 1. The molecular formula is C12H15FN2O4. The predicted octanol–water partition coefficient (Wildman–Crippen LogP) is 1.36. The molecule has 7 heteroatoms. The lowest BCUT2D eigenvalue weighted by Gasteiger charge is -2.12. The third-order valence-corrected chi connectivity index (χ3v) is 2.31. The van der Waals surface area contributed by atoms with E-state index in [0.29, 0.717) is 11.3 Å². The topological polar surface area (TPSA) is 87.7 Å². The van der Waals surface area contributed by atoms with Crippen LogP contribution in [0.4, 0.5) is 14.9 Å². The molecule has 19 heavy (non-hydrogen) atoms. The molecule has 6 nitrogen and oxygen atoms in total. The van der Waals surface area contributed by atoms with Crippen molar-refractivity contribution in [3.63, 3.8) is 0 Å². The van der Waals surface area contributed by atoms with E-state index in [1.807, 2.05) is 0 Å². The van der Waals surface area contributed by atoms with Gasteiger partial charge in [0.25, 0.3) is 0 Å². The SMILES string of the molecule is COC(CNC(=O)Nc1cc(C)cc(F)c1)C(=O)O. The first-order valence-corrected chi connectivity index (χ1v) is 5.50. The van der Waals surface area contributed by atoms with Gasteiger partial charge in [-0.15, -0.1) is 0 Å². The van der Waals surface area contributed by atoms with E-state index in [-0.39, 0.29) is 6.54 Å². The summed E-state index contributed by atoms with van der Waals surface area (Å²) < 4.78 is 17.7. The Morgan fingerprint density at radius 3 is 2.63 bits per heavy atom. The van der Waals surface area contributed by atoms with Crippen molar-refractivity contribution in [3.05, 3.63) is 29.6 Å². The molecule has 1 atom stereocenters. The number of aliphatic carboxylic acids is 1. The molecule has 1 rings (SSSR count). The van der Waals surface area contributed by atoms with Crippen LogP contribution in [0, 0.1) is 12.7 Å². The van der Waals surface area contributed by atoms with Crippen LogP contribution in [0.3, 0.4) is 0 Å². The van der Waals surface area contributed by atoms with Gasteiger partial charge in [-0.2, -0.15) is 0 Å². The number of anilines is 1. The lowest BCUT2D eigenvalue weighted by molar-refractivity contribution is -0.147. The number of carbonyl (C=O) groups is 2. The van der Waals surface area contributed by atoms with Crippen LogP contribution in [-0.2, 0) is 9.53 Å². The fourth-order valence-corrected chi connectivity index (χ4v) is 1.44. The van der Waals surface area contributed by atoms with Gasteiger partial charge in [-0.25, -0.2) is 14.0 Å². The largest absolute Gasteiger partial charge is 0.479 e. The average molecular weight is 270 g/mol. The summed E-state index contributed by atoms with van der Waals surface area (Å²) in [5, 5.41) is 13.4. The smallest absolute Gasteiger partial charge is 0.334 e. The number of ether oxygens (including phenoxy) is 1. The van der Waals surface area contributed by atoms with E-state index >= 15 is 0 Å². The van der Waals surface area contributed by atoms with E-state index < -0.39 is 23.9 Å². The van der Waals surface area contributed by atoms with Gasteiger partial charge < -0.3 is 20.5 Å². The van der Waals surface area contributed by atoms with Gasteiger partial charge in [0.05, 0.1) is 6.54 Å². The van der Waals surface area contributed by atoms with Crippen LogP contribution in [0.15, 0.2) is 18.2 Å². The summed E-state index contributed by atoms with van der Waals surface area (Å²) in [6.45, 7) is 1.50. The van der Waals surface area contributed by atoms with Crippen molar-refractivity contribution < 1.29 is 23.8 Å². The Hall–Kier alpha value is -2.15. The van der Waals surface area contributed by atoms with Crippen molar-refractivity contribution in [3.8, 4) is 0 Å². The van der Waals surface area contributed by atoms with Gasteiger partial charge in [-0.3, -0.25) is 0 Å². The molecule has 0 radical (unpaired) electrons. The molecule has 0 aliphatic heterocycles. The van der Waals surface area contributed by atoms with Gasteiger partial charge in [0.1, 0.15) is 5.82 Å². The fourth-order valence-electron chi connectivity index (χ4n) is 1.44. The van der Waals surface area contributed by atoms with Crippen molar-refractivity contribution in [1.82, 2.24) is 5.32 Å². The number of amides is 2. The van der Waals surface area contributed by atoms with Gasteiger partial charge in [-0.1, -0.05) is 0 Å². The number of hydrogen-bond acceptors (Lipinski definition) is 3. The quantitative estimate of drug-likeness (QED) is 0.753. The number of urea groups is 1. The van der Waals surface area contributed by atoms with Crippen LogP contribution < -0.4 is 10.6 Å². The van der Waals surface area contributed by atoms with E-state index in [1.165, 1.54) is 13.2 Å². The molecule has 0 spiro atoms. The molecule has 1 unspecified atom stereocenters. The van der Waals surface area contributed by atoms with Crippen LogP contribution >= 0.6 is 0 Å². The van der Waals surface area contributed by atoms with Gasteiger partial charge >= 0.3 is 12.0 Å². The maximum atomic E-state index is 13.1. The van der Waals surface area contributed by atoms with E-state index in [1.54, 1.807) is 13.0 Å². The molecule has 0 saturated carbocycles. The predicted molar refractivity (Wildman–Crippen MR) is 66.6 cm³/mol. The minimum atomic E-state index is -1.18. The average Bonchev–Trinajstić information content (AvgIpc) is 2.27. The summed E-state index contributed by atoms with van der Waals surface area (Å²) in [5.74, 6) is -1.64. The molecule has 0 heterocycles. The highest BCUT2D eigenvalue weighted by Crippen LogP contribution is 2.12. The summed E-state index contributed by atoms with van der Waals surface area (Å²) in [5.41, 5.74) is 0.954. The van der Waals surface area contributed by atoms with Gasteiger partial charge in [0, 0.05) is 12.8 Å². The van der Waals surface area contributed by atoms with Gasteiger partial charge in [-0.05, 0) is 30.7 Å². The minimum absolute atomic E-state index is 0.189. The van der Waals surface area contributed by atoms with Crippen LogP contribution in [0.1, 0.15) is 5.56 Å². The van der Waals surface area contributed by atoms with Crippen LogP contribution in [-0.4, -0.2) is 36.9 Å². The highest BCUT2D eigenvalue weighted by molar-refractivity contribution is 5.89. The number of carbonyl (C=O) groups excluding carboxylic acids is 1. The number of nitrogens with one attached hydrogen (secondary N) is 2. The number of carboxylic acid groups (broad SMARTS) is 1. The lowest BCUT2D eigenvalue weighted by Crippen LogP contribution is -2.39. The molecule has 0 aromatic heterocycles. The second kappa shape index (κ2) is 6.69. The Kier molecular flexibility index (Phi) is 5.25. The summed E-state index contributed by atoms with van der Waals surface area (Å²) in [6, 6.07) is 3.45. The molecule has 0 aliphatic rings. The van der Waals surface area contributed by atoms with Crippen molar-refractivity contribution >= 4 is 17.7 Å². The number of aryl methyl sites for hydroxylation is 1. The highest BCUT2D eigenvalue weighted by atomic mass is 19.1. The van der Waals surface area contributed by atoms with Crippen LogP contribution in [0.5, 0.6) is 0 Å². The molecule has 1 aromatic rings. The van der Waals surface area contributed by atoms with Crippen molar-refractivity contribution in [1.29, 1.82) is 0 Å². The van der Waals surface area contributed by atoms with E-state index in [0.717, 1.165) is 6.07 Å². The number of hydrogen-bond donors (Lipinski definition) is 3. The number of benzene rings is 1. The maximum Gasteiger partial charge on any atom is 0.334 e. The molecule has 0 fully saturated rings. The Labute approximate surface area is 109 Å². The Bertz CT molecular complexity index is 459. The molecule has 3 N–H and O–H groups in total. The molecular weight excluding hydrogens is 255 g/mol. The number of rotatable bonds is 5. The Morgan fingerprint density at radius 2 is 2.11 bits per heavy atom. The van der Waals surface area contributed by atoms with E-state index in [4.69, 9.17) is 5.11 Å². The second-order valence-electron chi connectivity index (χ2n) is 3.91. The molecule has 1 aromatic carbocycles. The molecule has 0 aliphatic carbocycles. The Morgan fingerprint density at radius 1 is 1.42 bits per heavy atom. The van der Waals surface area contributed by atoms with E-state index in [2.05, 4.69) is 15.4 Å². The monoisotopic (exact) mass is 270 g/mol. The lowest BCUT2D eigenvalue weighted by atomic mass is 10.2. The Balaban J connectivity index is 2.53. The zero-order valence-electron chi connectivity index (χ0n) is 10.6.